The lowest BCUT2D eigenvalue weighted by Gasteiger charge is -2.07. The fourth-order valence-electron chi connectivity index (χ4n) is 2.23. The molecule has 0 amide bonds. The highest BCUT2D eigenvalue weighted by atomic mass is 35.5. The van der Waals surface area contributed by atoms with Crippen LogP contribution in [0.2, 0.25) is 5.02 Å². The van der Waals surface area contributed by atoms with E-state index in [-0.39, 0.29) is 19.1 Å². The molecule has 0 spiro atoms. The van der Waals surface area contributed by atoms with Crippen molar-refractivity contribution < 1.29 is 23.5 Å². The summed E-state index contributed by atoms with van der Waals surface area (Å²) >= 11 is 5.95. The molecule has 1 heterocycles. The van der Waals surface area contributed by atoms with E-state index in [0.717, 1.165) is 11.1 Å². The number of nitrogens with zero attached hydrogens (tertiary/aromatic N) is 2. The van der Waals surface area contributed by atoms with Crippen molar-refractivity contribution in [3.8, 4) is 22.9 Å². The van der Waals surface area contributed by atoms with Crippen molar-refractivity contribution in [2.45, 2.75) is 13.5 Å². The van der Waals surface area contributed by atoms with Gasteiger partial charge in [-0.2, -0.15) is 4.98 Å². The Balaban J connectivity index is 1.51. The molecule has 0 aliphatic carbocycles. The third kappa shape index (κ3) is 4.98. The van der Waals surface area contributed by atoms with Crippen molar-refractivity contribution in [2.75, 3.05) is 13.7 Å². The number of esters is 1. The average Bonchev–Trinajstić information content (AvgIpc) is 3.16. The molecule has 8 heteroatoms. The number of rotatable bonds is 7. The number of halogens is 1. The summed E-state index contributed by atoms with van der Waals surface area (Å²) < 4.78 is 20.7. The normalized spacial score (nSPS) is 10.5. The van der Waals surface area contributed by atoms with Crippen molar-refractivity contribution >= 4 is 17.6 Å². The maximum atomic E-state index is 11.8. The van der Waals surface area contributed by atoms with Crippen molar-refractivity contribution in [2.24, 2.45) is 0 Å². The summed E-state index contributed by atoms with van der Waals surface area (Å²) in [6.45, 7) is 1.47. The van der Waals surface area contributed by atoms with Crippen molar-refractivity contribution in [3.63, 3.8) is 0 Å². The van der Waals surface area contributed by atoms with Gasteiger partial charge in [-0.1, -0.05) is 28.9 Å². The summed E-state index contributed by atoms with van der Waals surface area (Å²) in [7, 11) is 1.58. The Bertz CT molecular complexity index is 941. The lowest BCUT2D eigenvalue weighted by molar-refractivity contribution is -0.148. The maximum Gasteiger partial charge on any atom is 0.344 e. The Labute approximate surface area is 160 Å². The Morgan fingerprint density at radius 1 is 1.19 bits per heavy atom. The molecular formula is C19H17ClN2O5. The lowest BCUT2D eigenvalue weighted by Crippen LogP contribution is -2.14. The number of benzene rings is 2. The summed E-state index contributed by atoms with van der Waals surface area (Å²) in [6, 6.07) is 12.4. The van der Waals surface area contributed by atoms with E-state index < -0.39 is 5.97 Å². The number of carbonyl (C=O) groups is 1. The zero-order valence-corrected chi connectivity index (χ0v) is 15.5. The highest BCUT2D eigenvalue weighted by Crippen LogP contribution is 2.22. The Morgan fingerprint density at radius 2 is 2.04 bits per heavy atom. The number of aromatic nitrogens is 2. The van der Waals surface area contributed by atoms with Gasteiger partial charge in [0.05, 0.1) is 7.11 Å². The smallest absolute Gasteiger partial charge is 0.344 e. The van der Waals surface area contributed by atoms with Gasteiger partial charge in [0.15, 0.2) is 13.2 Å². The van der Waals surface area contributed by atoms with Crippen LogP contribution >= 0.6 is 11.6 Å². The lowest BCUT2D eigenvalue weighted by atomic mass is 10.2. The van der Waals surface area contributed by atoms with Crippen LogP contribution in [0.4, 0.5) is 0 Å². The van der Waals surface area contributed by atoms with Crippen LogP contribution in [0.15, 0.2) is 47.0 Å². The van der Waals surface area contributed by atoms with Crippen LogP contribution in [0.25, 0.3) is 11.4 Å². The molecule has 0 aliphatic heterocycles. The molecule has 0 bridgehead atoms. The van der Waals surface area contributed by atoms with E-state index in [2.05, 4.69) is 10.1 Å². The van der Waals surface area contributed by atoms with Gasteiger partial charge < -0.3 is 18.7 Å². The van der Waals surface area contributed by atoms with Gasteiger partial charge in [-0.25, -0.2) is 4.79 Å². The highest BCUT2D eigenvalue weighted by molar-refractivity contribution is 6.31. The molecule has 1 aromatic heterocycles. The first-order valence-electron chi connectivity index (χ1n) is 8.07. The van der Waals surface area contributed by atoms with Crippen LogP contribution < -0.4 is 9.47 Å². The van der Waals surface area contributed by atoms with Crippen LogP contribution in [-0.4, -0.2) is 29.8 Å². The molecule has 0 saturated carbocycles. The second kappa shape index (κ2) is 8.55. The predicted molar refractivity (Wildman–Crippen MR) is 97.8 cm³/mol. The summed E-state index contributed by atoms with van der Waals surface area (Å²) in [5.74, 6) is 1.23. The summed E-state index contributed by atoms with van der Waals surface area (Å²) in [5.41, 5.74) is 1.59. The van der Waals surface area contributed by atoms with Crippen LogP contribution in [0.3, 0.4) is 0 Å². The van der Waals surface area contributed by atoms with E-state index in [1.165, 1.54) is 0 Å². The molecule has 0 unspecified atom stereocenters. The van der Waals surface area contributed by atoms with E-state index in [1.807, 2.05) is 25.1 Å². The number of hydrogen-bond acceptors (Lipinski definition) is 7. The molecule has 0 radical (unpaired) electrons. The molecule has 0 N–H and O–H groups in total. The zero-order valence-electron chi connectivity index (χ0n) is 14.8. The quantitative estimate of drug-likeness (QED) is 0.568. The first kappa shape index (κ1) is 18.7. The minimum absolute atomic E-state index is 0.140. The largest absolute Gasteiger partial charge is 0.497 e. The highest BCUT2D eigenvalue weighted by Gasteiger charge is 2.12. The molecule has 3 aromatic rings. The van der Waals surface area contributed by atoms with Gasteiger partial charge >= 0.3 is 5.97 Å². The fraction of sp³-hybridized carbons (Fsp3) is 0.211. The van der Waals surface area contributed by atoms with Gasteiger partial charge in [-0.3, -0.25) is 0 Å². The SMILES string of the molecule is COc1cccc(-c2noc(COC(=O)COc3ccc(Cl)c(C)c3)n2)c1. The number of hydrogen-bond donors (Lipinski definition) is 0. The van der Waals surface area contributed by atoms with E-state index >= 15 is 0 Å². The molecule has 0 aliphatic rings. The van der Waals surface area contributed by atoms with E-state index in [0.29, 0.717) is 22.3 Å². The molecule has 0 fully saturated rings. The van der Waals surface area contributed by atoms with E-state index in [1.54, 1.807) is 31.4 Å². The maximum absolute atomic E-state index is 11.8. The topological polar surface area (TPSA) is 83.7 Å². The third-order valence-corrected chi connectivity index (χ3v) is 4.06. The molecule has 0 saturated heterocycles. The molecular weight excluding hydrogens is 372 g/mol. The molecule has 2 aromatic carbocycles. The Morgan fingerprint density at radius 3 is 2.81 bits per heavy atom. The molecule has 3 rings (SSSR count). The van der Waals surface area contributed by atoms with Gasteiger partial charge in [-0.05, 0) is 42.8 Å². The standard InChI is InChI=1S/C19H17ClN2O5/c1-12-8-15(6-7-16(12)20)25-11-18(23)26-10-17-21-19(22-27-17)13-4-3-5-14(9-13)24-2/h3-9H,10-11H2,1-2H3. The summed E-state index contributed by atoms with van der Waals surface area (Å²) in [5, 5.41) is 4.51. The number of methoxy groups -OCH3 is 1. The molecule has 0 atom stereocenters. The fourth-order valence-corrected chi connectivity index (χ4v) is 2.34. The van der Waals surface area contributed by atoms with E-state index in [4.69, 9.17) is 30.3 Å². The number of aryl methyl sites for hydroxylation is 1. The minimum atomic E-state index is -0.552. The minimum Gasteiger partial charge on any atom is -0.497 e. The third-order valence-electron chi connectivity index (χ3n) is 3.64. The first-order valence-corrected chi connectivity index (χ1v) is 8.44. The molecule has 27 heavy (non-hydrogen) atoms. The van der Waals surface area contributed by atoms with E-state index in [9.17, 15) is 4.79 Å². The van der Waals surface area contributed by atoms with Gasteiger partial charge in [0.25, 0.3) is 5.89 Å². The van der Waals surface area contributed by atoms with Gasteiger partial charge in [0, 0.05) is 10.6 Å². The van der Waals surface area contributed by atoms with Crippen LogP contribution in [0, 0.1) is 6.92 Å². The average molecular weight is 389 g/mol. The molecule has 140 valence electrons. The summed E-state index contributed by atoms with van der Waals surface area (Å²) in [6.07, 6.45) is 0. The second-order valence-corrected chi connectivity index (χ2v) is 6.01. The number of carbonyl (C=O) groups excluding carboxylic acids is 1. The van der Waals surface area contributed by atoms with Crippen LogP contribution in [0.5, 0.6) is 11.5 Å². The van der Waals surface area contributed by atoms with Gasteiger partial charge in [0.1, 0.15) is 11.5 Å². The summed E-state index contributed by atoms with van der Waals surface area (Å²) in [4.78, 5) is 16.0. The van der Waals surface area contributed by atoms with Crippen molar-refractivity contribution in [1.82, 2.24) is 10.1 Å². The first-order chi connectivity index (χ1) is 13.0. The van der Waals surface area contributed by atoms with Crippen molar-refractivity contribution in [3.05, 3.63) is 58.9 Å². The van der Waals surface area contributed by atoms with Crippen LogP contribution in [-0.2, 0) is 16.1 Å². The zero-order chi connectivity index (χ0) is 19.2. The van der Waals surface area contributed by atoms with Gasteiger partial charge in [-0.15, -0.1) is 0 Å². The van der Waals surface area contributed by atoms with Crippen LogP contribution in [0.1, 0.15) is 11.5 Å². The van der Waals surface area contributed by atoms with Crippen molar-refractivity contribution in [1.29, 1.82) is 0 Å². The van der Waals surface area contributed by atoms with Gasteiger partial charge in [0.2, 0.25) is 5.82 Å². The molecule has 7 nitrogen and oxygen atoms in total. The second-order valence-electron chi connectivity index (χ2n) is 5.60. The predicted octanol–water partition coefficient (Wildman–Crippen LogP) is 3.83. The Kier molecular flexibility index (Phi) is 5.93. The Hall–Kier alpha value is -3.06. The monoisotopic (exact) mass is 388 g/mol. The number of ether oxygens (including phenoxy) is 3.